The molecule has 0 aromatic heterocycles. The average Bonchev–Trinajstić information content (AvgIpc) is 2.59. The van der Waals surface area contributed by atoms with E-state index in [1.54, 1.807) is 0 Å². The van der Waals surface area contributed by atoms with Gasteiger partial charge < -0.3 is 4.74 Å². The molecule has 0 atom stereocenters. The van der Waals surface area contributed by atoms with Crippen molar-refractivity contribution in [3.63, 3.8) is 0 Å². The number of rotatable bonds is 8. The molecule has 1 fully saturated rings. The fourth-order valence-corrected chi connectivity index (χ4v) is 3.21. The highest BCUT2D eigenvalue weighted by Gasteiger charge is 2.22. The van der Waals surface area contributed by atoms with Gasteiger partial charge in [0.2, 0.25) is 0 Å². The van der Waals surface area contributed by atoms with Crippen LogP contribution in [-0.4, -0.2) is 12.7 Å². The van der Waals surface area contributed by atoms with Gasteiger partial charge in [0.05, 0.1) is 17.7 Å². The molecule has 2 nitrogen and oxygen atoms in total. The quantitative estimate of drug-likeness (QED) is 0.479. The Hall–Kier alpha value is -1.59. The summed E-state index contributed by atoms with van der Waals surface area (Å²) in [7, 11) is 0. The van der Waals surface area contributed by atoms with Crippen molar-refractivity contribution in [3.8, 4) is 6.07 Å². The SMILES string of the molecule is C=CCCCCCO[C@H]1CC[C@H](c2ccc(C#N)cc2)CC1. The molecule has 0 N–H and O–H groups in total. The normalized spacial score (nSPS) is 21.2. The van der Waals surface area contributed by atoms with Gasteiger partial charge in [-0.25, -0.2) is 0 Å². The number of nitriles is 1. The summed E-state index contributed by atoms with van der Waals surface area (Å²) in [6.07, 6.45) is 11.9. The van der Waals surface area contributed by atoms with E-state index in [4.69, 9.17) is 10.00 Å². The predicted molar refractivity (Wildman–Crippen MR) is 90.8 cm³/mol. The third-order valence-electron chi connectivity index (χ3n) is 4.59. The molecule has 0 radical (unpaired) electrons. The van der Waals surface area contributed by atoms with E-state index < -0.39 is 0 Å². The van der Waals surface area contributed by atoms with Crippen LogP contribution in [0, 0.1) is 11.3 Å². The smallest absolute Gasteiger partial charge is 0.0991 e. The van der Waals surface area contributed by atoms with Gasteiger partial charge in [0.25, 0.3) is 0 Å². The van der Waals surface area contributed by atoms with Crippen LogP contribution in [0.1, 0.15) is 68.4 Å². The maximum atomic E-state index is 8.85. The predicted octanol–water partition coefficient (Wildman–Crippen LogP) is 5.35. The number of hydrogen-bond acceptors (Lipinski definition) is 2. The summed E-state index contributed by atoms with van der Waals surface area (Å²) in [5, 5.41) is 8.85. The van der Waals surface area contributed by atoms with E-state index in [-0.39, 0.29) is 0 Å². The minimum atomic E-state index is 0.453. The van der Waals surface area contributed by atoms with Gasteiger partial charge in [-0.1, -0.05) is 24.6 Å². The summed E-state index contributed by atoms with van der Waals surface area (Å²) in [4.78, 5) is 0. The Balaban J connectivity index is 1.65. The Morgan fingerprint density at radius 3 is 2.45 bits per heavy atom. The lowest BCUT2D eigenvalue weighted by atomic mass is 9.82. The molecule has 0 amide bonds. The van der Waals surface area contributed by atoms with Crippen molar-refractivity contribution in [2.75, 3.05) is 6.61 Å². The van der Waals surface area contributed by atoms with E-state index >= 15 is 0 Å². The number of benzene rings is 1. The maximum absolute atomic E-state index is 8.85. The van der Waals surface area contributed by atoms with Crippen LogP contribution in [0.2, 0.25) is 0 Å². The van der Waals surface area contributed by atoms with Gasteiger partial charge in [-0.3, -0.25) is 0 Å². The van der Waals surface area contributed by atoms with Crippen molar-refractivity contribution in [2.45, 2.75) is 63.4 Å². The van der Waals surface area contributed by atoms with Crippen molar-refractivity contribution in [1.82, 2.24) is 0 Å². The van der Waals surface area contributed by atoms with Crippen LogP contribution in [0.25, 0.3) is 0 Å². The molecule has 118 valence electrons. The highest BCUT2D eigenvalue weighted by atomic mass is 16.5. The van der Waals surface area contributed by atoms with Gasteiger partial charge in [0.1, 0.15) is 0 Å². The molecule has 0 aliphatic heterocycles. The Morgan fingerprint density at radius 2 is 1.82 bits per heavy atom. The Bertz CT molecular complexity index is 477. The first-order valence-corrected chi connectivity index (χ1v) is 8.56. The van der Waals surface area contributed by atoms with Gasteiger partial charge in [-0.05, 0) is 68.6 Å². The zero-order chi connectivity index (χ0) is 15.6. The zero-order valence-corrected chi connectivity index (χ0v) is 13.5. The Kier molecular flexibility index (Phi) is 7.19. The lowest BCUT2D eigenvalue weighted by Crippen LogP contribution is -2.21. The Morgan fingerprint density at radius 1 is 1.09 bits per heavy atom. The van der Waals surface area contributed by atoms with Gasteiger partial charge in [0.15, 0.2) is 0 Å². The highest BCUT2D eigenvalue weighted by Crippen LogP contribution is 2.34. The summed E-state index contributed by atoms with van der Waals surface area (Å²) in [6.45, 7) is 4.65. The fraction of sp³-hybridized carbons (Fsp3) is 0.550. The standard InChI is InChI=1S/C20H27NO/c1-2-3-4-5-6-15-22-20-13-11-19(12-14-20)18-9-7-17(16-21)8-10-18/h2,7-10,19-20H,1,3-6,11-15H2/t19-,20-. The third-order valence-corrected chi connectivity index (χ3v) is 4.59. The molecule has 2 heteroatoms. The van der Waals surface area contributed by atoms with E-state index in [1.165, 1.54) is 37.7 Å². The molecule has 1 saturated carbocycles. The molecule has 0 heterocycles. The molecule has 0 spiro atoms. The van der Waals surface area contributed by atoms with Crippen molar-refractivity contribution in [2.24, 2.45) is 0 Å². The van der Waals surface area contributed by atoms with E-state index in [1.807, 2.05) is 18.2 Å². The van der Waals surface area contributed by atoms with Crippen LogP contribution < -0.4 is 0 Å². The van der Waals surface area contributed by atoms with Crippen molar-refractivity contribution < 1.29 is 4.74 Å². The van der Waals surface area contributed by atoms with Crippen molar-refractivity contribution in [1.29, 1.82) is 5.26 Å². The molecule has 0 bridgehead atoms. The summed E-state index contributed by atoms with van der Waals surface area (Å²) in [6, 6.07) is 10.3. The number of allylic oxidation sites excluding steroid dienone is 1. The summed E-state index contributed by atoms with van der Waals surface area (Å²) < 4.78 is 6.01. The molecule has 0 unspecified atom stereocenters. The molecule has 0 saturated heterocycles. The summed E-state index contributed by atoms with van der Waals surface area (Å²) >= 11 is 0. The van der Waals surface area contributed by atoms with E-state index in [9.17, 15) is 0 Å². The van der Waals surface area contributed by atoms with E-state index in [0.717, 1.165) is 31.4 Å². The van der Waals surface area contributed by atoms with E-state index in [2.05, 4.69) is 24.8 Å². The first-order valence-electron chi connectivity index (χ1n) is 8.56. The minimum Gasteiger partial charge on any atom is -0.378 e. The Labute approximate surface area is 134 Å². The number of nitrogens with zero attached hydrogens (tertiary/aromatic N) is 1. The zero-order valence-electron chi connectivity index (χ0n) is 13.5. The van der Waals surface area contributed by atoms with Gasteiger partial charge in [-0.2, -0.15) is 5.26 Å². The third kappa shape index (κ3) is 5.31. The van der Waals surface area contributed by atoms with Crippen molar-refractivity contribution in [3.05, 3.63) is 48.0 Å². The average molecular weight is 297 g/mol. The molecular formula is C20H27NO. The molecular weight excluding hydrogens is 270 g/mol. The van der Waals surface area contributed by atoms with Crippen LogP contribution >= 0.6 is 0 Å². The second-order valence-electron chi connectivity index (χ2n) is 6.22. The topological polar surface area (TPSA) is 33.0 Å². The largest absolute Gasteiger partial charge is 0.378 e. The van der Waals surface area contributed by atoms with Gasteiger partial charge in [-0.15, -0.1) is 6.58 Å². The summed E-state index contributed by atoms with van der Waals surface area (Å²) in [5.74, 6) is 0.639. The first kappa shape index (κ1) is 16.8. The molecule has 1 aromatic carbocycles. The summed E-state index contributed by atoms with van der Waals surface area (Å²) in [5.41, 5.74) is 2.12. The molecule has 2 rings (SSSR count). The van der Waals surface area contributed by atoms with Crippen LogP contribution in [0.5, 0.6) is 0 Å². The molecule has 1 aromatic rings. The number of unbranched alkanes of at least 4 members (excludes halogenated alkanes) is 3. The van der Waals surface area contributed by atoms with E-state index in [0.29, 0.717) is 12.0 Å². The fourth-order valence-electron chi connectivity index (χ4n) is 3.21. The highest BCUT2D eigenvalue weighted by molar-refractivity contribution is 5.33. The van der Waals surface area contributed by atoms with Gasteiger partial charge >= 0.3 is 0 Å². The van der Waals surface area contributed by atoms with Crippen molar-refractivity contribution >= 4 is 0 Å². The maximum Gasteiger partial charge on any atom is 0.0991 e. The van der Waals surface area contributed by atoms with Crippen LogP contribution in [-0.2, 0) is 4.74 Å². The lowest BCUT2D eigenvalue weighted by Gasteiger charge is -2.29. The number of hydrogen-bond donors (Lipinski definition) is 0. The molecule has 1 aliphatic rings. The van der Waals surface area contributed by atoms with Gasteiger partial charge in [0, 0.05) is 6.61 Å². The molecule has 1 aliphatic carbocycles. The minimum absolute atomic E-state index is 0.453. The monoisotopic (exact) mass is 297 g/mol. The molecule has 22 heavy (non-hydrogen) atoms. The van der Waals surface area contributed by atoms with Crippen LogP contribution in [0.3, 0.4) is 0 Å². The first-order chi connectivity index (χ1) is 10.8. The second-order valence-corrected chi connectivity index (χ2v) is 6.22. The lowest BCUT2D eigenvalue weighted by molar-refractivity contribution is 0.0227. The van der Waals surface area contributed by atoms with Crippen LogP contribution in [0.15, 0.2) is 36.9 Å². The second kappa shape index (κ2) is 9.43. The van der Waals surface area contributed by atoms with Crippen LogP contribution in [0.4, 0.5) is 0 Å². The number of ether oxygens (including phenoxy) is 1.